The topological polar surface area (TPSA) is 29.4 Å². The molecule has 0 saturated heterocycles. The second-order valence-corrected chi connectivity index (χ2v) is 4.00. The molecule has 0 rings (SSSR count). The molecule has 0 amide bonds. The van der Waals surface area contributed by atoms with Crippen LogP contribution in [-0.2, 0) is 0 Å². The summed E-state index contributed by atoms with van der Waals surface area (Å²) >= 11 is 0. The number of nitroso groups, excluding NO2 is 1. The number of hydrogen-bond acceptors (Lipinski definition) is 2. The molecule has 0 spiro atoms. The van der Waals surface area contributed by atoms with Crippen LogP contribution in [0.1, 0.15) is 64.7 Å². The Balaban J connectivity index is 2.92. The first-order valence-electron chi connectivity index (χ1n) is 6.36. The summed E-state index contributed by atoms with van der Waals surface area (Å²) in [4.78, 5) is 9.81. The molecule has 0 aromatic rings. The van der Waals surface area contributed by atoms with Gasteiger partial charge in [0.15, 0.2) is 0 Å². The molecule has 0 aliphatic heterocycles. The monoisotopic (exact) mass is 211 g/mol. The van der Waals surface area contributed by atoms with E-state index in [0.717, 1.165) is 12.8 Å². The van der Waals surface area contributed by atoms with Crippen molar-refractivity contribution < 1.29 is 0 Å². The molecule has 0 aliphatic carbocycles. The van der Waals surface area contributed by atoms with Gasteiger partial charge in [-0.3, -0.25) is 0 Å². The number of rotatable bonds is 11. The summed E-state index contributed by atoms with van der Waals surface area (Å²) in [6, 6.07) is 0. The van der Waals surface area contributed by atoms with Crippen molar-refractivity contribution in [1.82, 2.24) is 0 Å². The number of nitrogens with zero attached hydrogens (tertiary/aromatic N) is 1. The standard InChI is InChI=1S/C13H25NO/c1-2-3-4-5-6-7-8-9-10-11-12-13-14-15/h3-4H,2,5-13H2,1H3. The zero-order valence-corrected chi connectivity index (χ0v) is 10.1. The summed E-state index contributed by atoms with van der Waals surface area (Å²) in [6.45, 7) is 2.67. The van der Waals surface area contributed by atoms with Gasteiger partial charge in [0.1, 0.15) is 0 Å². The summed E-state index contributed by atoms with van der Waals surface area (Å²) in [5.74, 6) is 0. The van der Waals surface area contributed by atoms with E-state index >= 15 is 0 Å². The van der Waals surface area contributed by atoms with Crippen LogP contribution in [0.2, 0.25) is 0 Å². The first-order valence-corrected chi connectivity index (χ1v) is 6.36. The first kappa shape index (κ1) is 14.3. The Labute approximate surface area is 94.1 Å². The van der Waals surface area contributed by atoms with Gasteiger partial charge in [-0.2, -0.15) is 4.91 Å². The van der Waals surface area contributed by atoms with Crippen LogP contribution in [0.5, 0.6) is 0 Å². The van der Waals surface area contributed by atoms with Crippen molar-refractivity contribution in [3.05, 3.63) is 17.1 Å². The quantitative estimate of drug-likeness (QED) is 0.273. The fraction of sp³-hybridized carbons (Fsp3) is 0.846. The lowest BCUT2D eigenvalue weighted by molar-refractivity contribution is 0.584. The second-order valence-electron chi connectivity index (χ2n) is 4.00. The van der Waals surface area contributed by atoms with Crippen molar-refractivity contribution in [2.75, 3.05) is 6.54 Å². The summed E-state index contributed by atoms with van der Waals surface area (Å²) in [5.41, 5.74) is 0. The van der Waals surface area contributed by atoms with Crippen molar-refractivity contribution >= 4 is 0 Å². The van der Waals surface area contributed by atoms with Crippen LogP contribution in [0.25, 0.3) is 0 Å². The van der Waals surface area contributed by atoms with Crippen LogP contribution in [0, 0.1) is 4.91 Å². The Hall–Kier alpha value is -0.660. The fourth-order valence-electron chi connectivity index (χ4n) is 1.61. The van der Waals surface area contributed by atoms with Crippen molar-refractivity contribution in [2.45, 2.75) is 64.7 Å². The molecule has 0 N–H and O–H groups in total. The van der Waals surface area contributed by atoms with Gasteiger partial charge in [0.05, 0.1) is 6.54 Å². The lowest BCUT2D eigenvalue weighted by Gasteiger charge is -1.99. The number of unbranched alkanes of at least 4 members (excludes halogenated alkanes) is 7. The zero-order valence-electron chi connectivity index (χ0n) is 10.1. The van der Waals surface area contributed by atoms with E-state index in [2.05, 4.69) is 24.3 Å². The van der Waals surface area contributed by atoms with Gasteiger partial charge in [-0.25, -0.2) is 0 Å². The molecule has 0 saturated carbocycles. The largest absolute Gasteiger partial charge is 0.151 e. The van der Waals surface area contributed by atoms with Gasteiger partial charge < -0.3 is 0 Å². The molecular weight excluding hydrogens is 186 g/mol. The van der Waals surface area contributed by atoms with E-state index in [-0.39, 0.29) is 0 Å². The molecule has 0 heterocycles. The maximum atomic E-state index is 9.81. The summed E-state index contributed by atoms with van der Waals surface area (Å²) < 4.78 is 0. The average molecular weight is 211 g/mol. The van der Waals surface area contributed by atoms with Gasteiger partial charge in [-0.1, -0.05) is 56.4 Å². The summed E-state index contributed by atoms with van der Waals surface area (Å²) in [5, 5.41) is 2.85. The van der Waals surface area contributed by atoms with E-state index < -0.39 is 0 Å². The maximum absolute atomic E-state index is 9.81. The van der Waals surface area contributed by atoms with Crippen LogP contribution in [0.3, 0.4) is 0 Å². The Morgan fingerprint density at radius 3 is 2.07 bits per heavy atom. The molecule has 0 aromatic carbocycles. The fourth-order valence-corrected chi connectivity index (χ4v) is 1.61. The Bertz CT molecular complexity index is 155. The molecule has 0 fully saturated rings. The molecule has 2 heteroatoms. The lowest BCUT2D eigenvalue weighted by atomic mass is 10.1. The van der Waals surface area contributed by atoms with Gasteiger partial charge >= 0.3 is 0 Å². The molecule has 0 radical (unpaired) electrons. The number of hydrogen-bond donors (Lipinski definition) is 0. The Kier molecular flexibility index (Phi) is 12.8. The van der Waals surface area contributed by atoms with Crippen LogP contribution in [0.15, 0.2) is 17.3 Å². The van der Waals surface area contributed by atoms with Gasteiger partial charge in [-0.15, -0.1) is 0 Å². The molecule has 0 aromatic heterocycles. The van der Waals surface area contributed by atoms with Crippen LogP contribution < -0.4 is 0 Å². The van der Waals surface area contributed by atoms with E-state index in [4.69, 9.17) is 0 Å². The molecule has 0 unspecified atom stereocenters. The van der Waals surface area contributed by atoms with E-state index in [1.54, 1.807) is 0 Å². The first-order chi connectivity index (χ1) is 7.41. The molecule has 88 valence electrons. The van der Waals surface area contributed by atoms with Crippen molar-refractivity contribution in [2.24, 2.45) is 5.18 Å². The molecule has 0 atom stereocenters. The van der Waals surface area contributed by atoms with E-state index in [9.17, 15) is 4.91 Å². The minimum absolute atomic E-state index is 0.502. The minimum atomic E-state index is 0.502. The smallest absolute Gasteiger partial charge is 0.0811 e. The third-order valence-corrected chi connectivity index (χ3v) is 2.52. The molecular formula is C13H25NO. The predicted molar refractivity (Wildman–Crippen MR) is 67.0 cm³/mol. The highest BCUT2D eigenvalue weighted by Gasteiger charge is 1.91. The lowest BCUT2D eigenvalue weighted by Crippen LogP contribution is -1.82. The van der Waals surface area contributed by atoms with Crippen molar-refractivity contribution in [3.8, 4) is 0 Å². The minimum Gasteiger partial charge on any atom is -0.151 e. The Morgan fingerprint density at radius 1 is 0.867 bits per heavy atom. The average Bonchev–Trinajstić information content (AvgIpc) is 2.26. The third kappa shape index (κ3) is 13.3. The van der Waals surface area contributed by atoms with Gasteiger partial charge in [0.2, 0.25) is 0 Å². The normalized spacial score (nSPS) is 11.0. The van der Waals surface area contributed by atoms with Gasteiger partial charge in [0.25, 0.3) is 0 Å². The van der Waals surface area contributed by atoms with Crippen molar-refractivity contribution in [1.29, 1.82) is 0 Å². The SMILES string of the molecule is CCC=CCCCCCCCCCN=O. The zero-order chi connectivity index (χ0) is 11.2. The van der Waals surface area contributed by atoms with Crippen LogP contribution >= 0.6 is 0 Å². The molecule has 2 nitrogen and oxygen atoms in total. The third-order valence-electron chi connectivity index (χ3n) is 2.52. The predicted octanol–water partition coefficient (Wildman–Crippen LogP) is 4.84. The summed E-state index contributed by atoms with van der Waals surface area (Å²) in [6.07, 6.45) is 15.7. The summed E-state index contributed by atoms with van der Waals surface area (Å²) in [7, 11) is 0. The van der Waals surface area contributed by atoms with E-state index in [0.29, 0.717) is 6.54 Å². The highest BCUT2D eigenvalue weighted by atomic mass is 16.3. The highest BCUT2D eigenvalue weighted by Crippen LogP contribution is 2.08. The molecule has 0 aliphatic rings. The second kappa shape index (κ2) is 13.3. The van der Waals surface area contributed by atoms with E-state index in [1.807, 2.05) is 0 Å². The van der Waals surface area contributed by atoms with Crippen LogP contribution in [0.4, 0.5) is 0 Å². The van der Waals surface area contributed by atoms with Crippen molar-refractivity contribution in [3.63, 3.8) is 0 Å². The highest BCUT2D eigenvalue weighted by molar-refractivity contribution is 4.79. The maximum Gasteiger partial charge on any atom is 0.0811 e. The van der Waals surface area contributed by atoms with Gasteiger partial charge in [-0.05, 0) is 25.7 Å². The van der Waals surface area contributed by atoms with Gasteiger partial charge in [0, 0.05) is 0 Å². The van der Waals surface area contributed by atoms with Crippen LogP contribution in [-0.4, -0.2) is 6.54 Å². The van der Waals surface area contributed by atoms with E-state index in [1.165, 1.54) is 44.9 Å². The number of allylic oxidation sites excluding steroid dienone is 2. The Morgan fingerprint density at radius 2 is 1.47 bits per heavy atom. The molecule has 0 bridgehead atoms. The molecule has 15 heavy (non-hydrogen) atoms.